The number of phenolic OH excluding ortho intramolecular Hbond substituents is 1. The summed E-state index contributed by atoms with van der Waals surface area (Å²) in [5.74, 6) is -0.0495. The van der Waals surface area contributed by atoms with E-state index in [0.29, 0.717) is 18.8 Å². The van der Waals surface area contributed by atoms with Crippen molar-refractivity contribution in [3.8, 4) is 11.5 Å². The lowest BCUT2D eigenvalue weighted by atomic mass is 10.1. The minimum Gasteiger partial charge on any atom is -0.505 e. The first-order valence-corrected chi connectivity index (χ1v) is 16.9. The molecule has 1 heterocycles. The molecule has 0 aliphatic heterocycles. The van der Waals surface area contributed by atoms with Crippen LogP contribution in [-0.4, -0.2) is 73.7 Å². The van der Waals surface area contributed by atoms with Crippen LogP contribution >= 0.6 is 0 Å². The number of benzene rings is 3. The number of aromatic nitrogens is 3. The van der Waals surface area contributed by atoms with Crippen molar-refractivity contribution < 1.29 is 31.2 Å². The lowest BCUT2D eigenvalue weighted by Gasteiger charge is -2.14. The summed E-state index contributed by atoms with van der Waals surface area (Å²) in [6.45, 7) is 5.86. The van der Waals surface area contributed by atoms with Gasteiger partial charge in [-0.1, -0.05) is 0 Å². The summed E-state index contributed by atoms with van der Waals surface area (Å²) in [4.78, 5) is 12.1. The number of anilines is 4. The number of rotatable bonds is 13. The smallest absolute Gasteiger partial charge is 0.296 e. The summed E-state index contributed by atoms with van der Waals surface area (Å²) in [6, 6.07) is 7.74. The van der Waals surface area contributed by atoms with Crippen LogP contribution in [0.15, 0.2) is 56.4 Å². The molecule has 2 atom stereocenters. The van der Waals surface area contributed by atoms with Crippen molar-refractivity contribution in [3.63, 3.8) is 0 Å². The molecule has 4 aromatic rings. The Balaban J connectivity index is 1.76. The zero-order valence-corrected chi connectivity index (χ0v) is 27.4. The van der Waals surface area contributed by atoms with Crippen molar-refractivity contribution in [2.75, 3.05) is 36.1 Å². The first kappa shape index (κ1) is 35.1. The number of hydrogen-bond acceptors (Lipinski definition) is 16. The van der Waals surface area contributed by atoms with Crippen LogP contribution in [0.4, 0.5) is 34.9 Å². The Kier molecular flexibility index (Phi) is 10.4. The average Bonchev–Trinajstić information content (AvgIpc) is 2.97. The van der Waals surface area contributed by atoms with E-state index in [1.165, 1.54) is 32.2 Å². The second-order valence-corrected chi connectivity index (χ2v) is 13.6. The van der Waals surface area contributed by atoms with E-state index in [1.54, 1.807) is 6.07 Å². The van der Waals surface area contributed by atoms with Crippen LogP contribution in [0.3, 0.4) is 0 Å². The number of phenols is 1. The minimum absolute atomic E-state index is 0.000332. The van der Waals surface area contributed by atoms with Crippen LogP contribution in [-0.2, 0) is 20.1 Å². The van der Waals surface area contributed by atoms with Crippen molar-refractivity contribution in [1.29, 1.82) is 0 Å². The van der Waals surface area contributed by atoms with Gasteiger partial charge in [-0.2, -0.15) is 23.4 Å². The highest BCUT2D eigenvalue weighted by Gasteiger charge is 2.23. The topological polar surface area (TPSA) is 296 Å². The second-order valence-electron chi connectivity index (χ2n) is 10.7. The van der Waals surface area contributed by atoms with Crippen LogP contribution in [0.5, 0.6) is 11.5 Å². The Bertz CT molecular complexity index is 2030. The SMILES string of the molecule is COc1cc(S(N)(=O)=O)c(C)cc1N=Nc1c(S(=O)(=O)O)cc2cc(Nc3nc(NCC(C)N)nc(NCC(C)N)n3)ccc2c1O. The summed E-state index contributed by atoms with van der Waals surface area (Å²) in [5.41, 5.74) is 11.7. The number of sulfonamides is 1. The fourth-order valence-electron chi connectivity index (χ4n) is 4.25. The van der Waals surface area contributed by atoms with Crippen molar-refractivity contribution >= 4 is 65.8 Å². The van der Waals surface area contributed by atoms with E-state index in [2.05, 4.69) is 41.1 Å². The number of fused-ring (bicyclic) bond motifs is 1. The largest absolute Gasteiger partial charge is 0.505 e. The second kappa shape index (κ2) is 13.9. The third-order valence-electron chi connectivity index (χ3n) is 6.43. The van der Waals surface area contributed by atoms with Gasteiger partial charge in [0.25, 0.3) is 10.1 Å². The highest BCUT2D eigenvalue weighted by molar-refractivity contribution is 7.89. The van der Waals surface area contributed by atoms with Gasteiger partial charge in [0.2, 0.25) is 27.9 Å². The number of nitrogens with two attached hydrogens (primary N) is 3. The highest BCUT2D eigenvalue weighted by Crippen LogP contribution is 2.43. The van der Waals surface area contributed by atoms with Gasteiger partial charge in [0.1, 0.15) is 22.0 Å². The van der Waals surface area contributed by atoms with Gasteiger partial charge in [-0.25, -0.2) is 13.6 Å². The Morgan fingerprint density at radius 1 is 0.894 bits per heavy atom. The Labute approximate surface area is 270 Å². The molecule has 0 spiro atoms. The van der Waals surface area contributed by atoms with Gasteiger partial charge >= 0.3 is 0 Å². The predicted molar refractivity (Wildman–Crippen MR) is 176 cm³/mol. The van der Waals surface area contributed by atoms with E-state index in [4.69, 9.17) is 21.3 Å². The van der Waals surface area contributed by atoms with Gasteiger partial charge < -0.3 is 37.3 Å². The molecule has 0 radical (unpaired) electrons. The highest BCUT2D eigenvalue weighted by atomic mass is 32.2. The number of aryl methyl sites for hydroxylation is 1. The van der Waals surface area contributed by atoms with Crippen LogP contribution in [0.2, 0.25) is 0 Å². The molecule has 0 fully saturated rings. The van der Waals surface area contributed by atoms with Crippen molar-refractivity contribution in [3.05, 3.63) is 42.0 Å². The Morgan fingerprint density at radius 2 is 1.49 bits per heavy atom. The molecule has 4 rings (SSSR count). The van der Waals surface area contributed by atoms with E-state index < -0.39 is 36.5 Å². The molecule has 11 N–H and O–H groups in total. The number of hydrogen-bond donors (Lipinski definition) is 8. The third-order valence-corrected chi connectivity index (χ3v) is 8.35. The number of nitrogens with one attached hydrogen (secondary N) is 3. The van der Waals surface area contributed by atoms with Crippen LogP contribution in [0, 0.1) is 6.92 Å². The molecule has 0 amide bonds. The zero-order chi connectivity index (χ0) is 34.7. The molecule has 20 heteroatoms. The third kappa shape index (κ3) is 8.75. The lowest BCUT2D eigenvalue weighted by Crippen LogP contribution is -2.27. The van der Waals surface area contributed by atoms with E-state index >= 15 is 0 Å². The van der Waals surface area contributed by atoms with Crippen molar-refractivity contribution in [1.82, 2.24) is 15.0 Å². The molecule has 0 saturated carbocycles. The molecule has 47 heavy (non-hydrogen) atoms. The number of primary sulfonamides is 1. The Morgan fingerprint density at radius 3 is 2.02 bits per heavy atom. The van der Waals surface area contributed by atoms with Gasteiger partial charge in [-0.05, 0) is 62.1 Å². The number of aromatic hydroxyl groups is 1. The first-order valence-electron chi connectivity index (χ1n) is 13.9. The minimum atomic E-state index is -4.94. The van der Waals surface area contributed by atoms with Crippen molar-refractivity contribution in [2.24, 2.45) is 26.8 Å². The number of azo groups is 1. The monoisotopic (exact) mass is 689 g/mol. The van der Waals surface area contributed by atoms with Gasteiger partial charge in [0.05, 0.1) is 12.0 Å². The Hall–Kier alpha value is -4.73. The molecular weight excluding hydrogens is 655 g/mol. The quantitative estimate of drug-likeness (QED) is 0.0739. The van der Waals surface area contributed by atoms with E-state index in [1.807, 2.05) is 13.8 Å². The van der Waals surface area contributed by atoms with Gasteiger partial charge in [0, 0.05) is 42.3 Å². The maximum atomic E-state index is 12.4. The summed E-state index contributed by atoms with van der Waals surface area (Å²) < 4.78 is 63.9. The fourth-order valence-corrected chi connectivity index (χ4v) is 5.69. The standard InChI is InChI=1S/C27H35N11O7S2/c1-13-7-19(20(45-4)10-21(13)46(30,40)41)37-38-23-22(47(42,43)44)9-16-8-17(5-6-18(16)24(23)39)33-27-35-25(31-11-14(2)28)34-26(36-27)32-12-15(3)29/h5-10,14-15,39H,11-12,28-29H2,1-4H3,(H2,30,40,41)(H,42,43,44)(H3,31,32,33,34,35,36). The summed E-state index contributed by atoms with van der Waals surface area (Å²) in [6.07, 6.45) is 0. The maximum Gasteiger partial charge on any atom is 0.296 e. The number of methoxy groups -OCH3 is 1. The molecule has 3 aromatic carbocycles. The van der Waals surface area contributed by atoms with Crippen molar-refractivity contribution in [2.45, 2.75) is 42.6 Å². The summed E-state index contributed by atoms with van der Waals surface area (Å²) in [7, 11) is -7.77. The lowest BCUT2D eigenvalue weighted by molar-refractivity contribution is 0.414. The zero-order valence-electron chi connectivity index (χ0n) is 25.8. The molecule has 2 unspecified atom stereocenters. The summed E-state index contributed by atoms with van der Waals surface area (Å²) >= 11 is 0. The molecule has 0 aliphatic carbocycles. The van der Waals surface area contributed by atoms with Crippen LogP contribution < -0.4 is 37.3 Å². The van der Waals surface area contributed by atoms with E-state index in [-0.39, 0.29) is 62.6 Å². The van der Waals surface area contributed by atoms with E-state index in [9.17, 15) is 26.5 Å². The average molecular weight is 690 g/mol. The molecule has 252 valence electrons. The van der Waals surface area contributed by atoms with Gasteiger partial charge in [-0.3, -0.25) is 4.55 Å². The van der Waals surface area contributed by atoms with Crippen LogP contribution in [0.25, 0.3) is 10.8 Å². The molecule has 1 aromatic heterocycles. The van der Waals surface area contributed by atoms with E-state index in [0.717, 1.165) is 12.1 Å². The summed E-state index contributed by atoms with van der Waals surface area (Å²) in [5, 5.41) is 33.7. The molecule has 0 saturated heterocycles. The maximum absolute atomic E-state index is 12.4. The first-order chi connectivity index (χ1) is 22.0. The number of ether oxygens (including phenoxy) is 1. The van der Waals surface area contributed by atoms with Gasteiger partial charge in [0.15, 0.2) is 5.75 Å². The predicted octanol–water partition coefficient (Wildman–Crippen LogP) is 2.62. The number of nitrogens with zero attached hydrogens (tertiary/aromatic N) is 5. The van der Waals surface area contributed by atoms with Crippen LogP contribution in [0.1, 0.15) is 19.4 Å². The fraction of sp³-hybridized carbons (Fsp3) is 0.296. The molecule has 0 bridgehead atoms. The molecular formula is C27H35N11O7S2. The normalized spacial score (nSPS) is 13.4. The molecule has 0 aliphatic rings. The molecule has 18 nitrogen and oxygen atoms in total. The van der Waals surface area contributed by atoms with Gasteiger partial charge in [-0.15, -0.1) is 10.2 Å².